The van der Waals surface area contributed by atoms with Crippen LogP contribution in [-0.4, -0.2) is 40.5 Å². The molecule has 0 bridgehead atoms. The predicted molar refractivity (Wildman–Crippen MR) is 50.2 cm³/mol. The Morgan fingerprint density at radius 2 is 2.21 bits per heavy atom. The van der Waals surface area contributed by atoms with Gasteiger partial charge in [0, 0.05) is 13.0 Å². The van der Waals surface area contributed by atoms with E-state index in [1.165, 1.54) is 4.90 Å². The van der Waals surface area contributed by atoms with E-state index < -0.39 is 11.5 Å². The van der Waals surface area contributed by atoms with Crippen LogP contribution in [0, 0.1) is 0 Å². The lowest BCUT2D eigenvalue weighted by Crippen LogP contribution is -2.57. The van der Waals surface area contributed by atoms with Gasteiger partial charge in [-0.15, -0.1) is 0 Å². The summed E-state index contributed by atoms with van der Waals surface area (Å²) in [5.74, 6) is -0.796. The first-order valence-electron chi connectivity index (χ1n) is 4.79. The van der Waals surface area contributed by atoms with Crippen LogP contribution in [0.4, 0.5) is 0 Å². The Labute approximate surface area is 82.9 Å². The van der Waals surface area contributed by atoms with Crippen molar-refractivity contribution in [3.05, 3.63) is 0 Å². The SMILES string of the molecule is CCC(=O)N1CCCC(O)(C(N)=O)C1. The molecule has 1 atom stereocenters. The molecule has 1 unspecified atom stereocenters. The minimum atomic E-state index is -1.52. The number of likely N-dealkylation sites (tertiary alicyclic amines) is 1. The third-order valence-electron chi connectivity index (χ3n) is 2.58. The molecule has 1 aliphatic heterocycles. The zero-order chi connectivity index (χ0) is 10.8. The number of primary amides is 1. The van der Waals surface area contributed by atoms with Crippen LogP contribution in [0.2, 0.25) is 0 Å². The molecule has 14 heavy (non-hydrogen) atoms. The zero-order valence-corrected chi connectivity index (χ0v) is 8.32. The average Bonchev–Trinajstić information content (AvgIpc) is 2.16. The zero-order valence-electron chi connectivity index (χ0n) is 8.32. The fourth-order valence-electron chi connectivity index (χ4n) is 1.67. The normalized spacial score (nSPS) is 27.4. The molecule has 0 saturated carbocycles. The molecule has 1 saturated heterocycles. The Morgan fingerprint density at radius 1 is 1.57 bits per heavy atom. The molecular formula is C9H16N2O3. The maximum absolute atomic E-state index is 11.3. The molecule has 1 fully saturated rings. The van der Waals surface area contributed by atoms with Crippen molar-refractivity contribution in [3.8, 4) is 0 Å². The third-order valence-corrected chi connectivity index (χ3v) is 2.58. The summed E-state index contributed by atoms with van der Waals surface area (Å²) in [6.07, 6.45) is 1.34. The van der Waals surface area contributed by atoms with Gasteiger partial charge in [-0.1, -0.05) is 6.92 Å². The molecule has 2 amide bonds. The molecule has 1 aliphatic rings. The van der Waals surface area contributed by atoms with Crippen LogP contribution in [0.15, 0.2) is 0 Å². The highest BCUT2D eigenvalue weighted by Crippen LogP contribution is 2.21. The van der Waals surface area contributed by atoms with Crippen LogP contribution >= 0.6 is 0 Å². The van der Waals surface area contributed by atoms with Gasteiger partial charge in [-0.3, -0.25) is 9.59 Å². The summed E-state index contributed by atoms with van der Waals surface area (Å²) in [5.41, 5.74) is 3.55. The van der Waals surface area contributed by atoms with Crippen LogP contribution in [0.1, 0.15) is 26.2 Å². The number of nitrogens with two attached hydrogens (primary N) is 1. The Hall–Kier alpha value is -1.10. The lowest BCUT2D eigenvalue weighted by molar-refractivity contribution is -0.148. The quantitative estimate of drug-likeness (QED) is 0.614. The number of piperidine rings is 1. The van der Waals surface area contributed by atoms with E-state index in [0.717, 1.165) is 0 Å². The van der Waals surface area contributed by atoms with Gasteiger partial charge in [0.1, 0.15) is 0 Å². The molecule has 5 nitrogen and oxygen atoms in total. The van der Waals surface area contributed by atoms with Crippen molar-refractivity contribution in [2.45, 2.75) is 31.8 Å². The Kier molecular flexibility index (Phi) is 3.10. The van der Waals surface area contributed by atoms with E-state index in [4.69, 9.17) is 5.73 Å². The summed E-state index contributed by atoms with van der Waals surface area (Å²) < 4.78 is 0. The summed E-state index contributed by atoms with van der Waals surface area (Å²) in [6, 6.07) is 0. The number of hydrogen-bond acceptors (Lipinski definition) is 3. The molecule has 0 radical (unpaired) electrons. The molecule has 5 heteroatoms. The third kappa shape index (κ3) is 2.04. The van der Waals surface area contributed by atoms with Crippen LogP contribution in [0.5, 0.6) is 0 Å². The highest BCUT2D eigenvalue weighted by Gasteiger charge is 2.39. The minimum Gasteiger partial charge on any atom is -0.378 e. The number of carbonyl (C=O) groups is 2. The summed E-state index contributed by atoms with van der Waals surface area (Å²) in [4.78, 5) is 23.8. The minimum absolute atomic E-state index is 0.0367. The first-order valence-corrected chi connectivity index (χ1v) is 4.79. The predicted octanol–water partition coefficient (Wildman–Crippen LogP) is -0.765. The average molecular weight is 200 g/mol. The standard InChI is InChI=1S/C9H16N2O3/c1-2-7(12)11-5-3-4-9(14,6-11)8(10)13/h14H,2-6H2,1H3,(H2,10,13). The van der Waals surface area contributed by atoms with Gasteiger partial charge in [0.15, 0.2) is 5.60 Å². The lowest BCUT2D eigenvalue weighted by atomic mass is 9.92. The van der Waals surface area contributed by atoms with Crippen molar-refractivity contribution in [2.75, 3.05) is 13.1 Å². The fourth-order valence-corrected chi connectivity index (χ4v) is 1.67. The van der Waals surface area contributed by atoms with Crippen LogP contribution in [0.3, 0.4) is 0 Å². The Balaban J connectivity index is 2.69. The number of carbonyl (C=O) groups excluding carboxylic acids is 2. The van der Waals surface area contributed by atoms with E-state index in [2.05, 4.69) is 0 Å². The van der Waals surface area contributed by atoms with Gasteiger partial charge in [-0.05, 0) is 12.8 Å². The summed E-state index contributed by atoms with van der Waals surface area (Å²) in [5, 5.41) is 9.79. The van der Waals surface area contributed by atoms with E-state index >= 15 is 0 Å². The second-order valence-corrected chi connectivity index (χ2v) is 3.67. The maximum atomic E-state index is 11.3. The van der Waals surface area contributed by atoms with Crippen molar-refractivity contribution in [1.29, 1.82) is 0 Å². The monoisotopic (exact) mass is 200 g/mol. The first-order chi connectivity index (χ1) is 6.49. The lowest BCUT2D eigenvalue weighted by Gasteiger charge is -2.36. The second kappa shape index (κ2) is 3.96. The molecule has 0 aromatic heterocycles. The smallest absolute Gasteiger partial charge is 0.251 e. The Bertz CT molecular complexity index is 254. The first kappa shape index (κ1) is 11.0. The van der Waals surface area contributed by atoms with Crippen molar-refractivity contribution < 1.29 is 14.7 Å². The van der Waals surface area contributed by atoms with E-state index in [9.17, 15) is 14.7 Å². The number of aliphatic hydroxyl groups is 1. The summed E-state index contributed by atoms with van der Waals surface area (Å²) >= 11 is 0. The highest BCUT2D eigenvalue weighted by atomic mass is 16.3. The van der Waals surface area contributed by atoms with E-state index in [1.54, 1.807) is 6.92 Å². The number of nitrogens with zero attached hydrogens (tertiary/aromatic N) is 1. The van der Waals surface area contributed by atoms with Gasteiger partial charge in [0.05, 0.1) is 6.54 Å². The molecule has 0 aliphatic carbocycles. The number of β-amino-alcohol motifs (C(OH)–C–C–N with tert-alkyl or cyclic N) is 1. The number of amides is 2. The molecule has 0 aromatic rings. The molecule has 0 spiro atoms. The topological polar surface area (TPSA) is 83.6 Å². The molecule has 80 valence electrons. The molecule has 3 N–H and O–H groups in total. The maximum Gasteiger partial charge on any atom is 0.251 e. The second-order valence-electron chi connectivity index (χ2n) is 3.67. The van der Waals surface area contributed by atoms with Crippen molar-refractivity contribution >= 4 is 11.8 Å². The van der Waals surface area contributed by atoms with Gasteiger partial charge in [0.25, 0.3) is 5.91 Å². The summed E-state index contributed by atoms with van der Waals surface area (Å²) in [6.45, 7) is 2.39. The van der Waals surface area contributed by atoms with Crippen molar-refractivity contribution in [2.24, 2.45) is 5.73 Å². The molecule has 1 rings (SSSR count). The largest absolute Gasteiger partial charge is 0.378 e. The van der Waals surface area contributed by atoms with E-state index in [1.807, 2.05) is 0 Å². The molecule has 1 heterocycles. The Morgan fingerprint density at radius 3 is 2.71 bits per heavy atom. The van der Waals surface area contributed by atoms with E-state index in [-0.39, 0.29) is 12.5 Å². The van der Waals surface area contributed by atoms with Gasteiger partial charge in [-0.2, -0.15) is 0 Å². The van der Waals surface area contributed by atoms with Gasteiger partial charge < -0.3 is 15.7 Å². The van der Waals surface area contributed by atoms with E-state index in [0.29, 0.717) is 25.8 Å². The molecule has 0 aromatic carbocycles. The highest BCUT2D eigenvalue weighted by molar-refractivity contribution is 5.85. The van der Waals surface area contributed by atoms with Gasteiger partial charge in [0.2, 0.25) is 5.91 Å². The summed E-state index contributed by atoms with van der Waals surface area (Å²) in [7, 11) is 0. The van der Waals surface area contributed by atoms with Crippen LogP contribution < -0.4 is 5.73 Å². The van der Waals surface area contributed by atoms with Crippen molar-refractivity contribution in [1.82, 2.24) is 4.90 Å². The number of rotatable bonds is 2. The van der Waals surface area contributed by atoms with Crippen molar-refractivity contribution in [3.63, 3.8) is 0 Å². The van der Waals surface area contributed by atoms with Crippen LogP contribution in [0.25, 0.3) is 0 Å². The number of hydrogen-bond donors (Lipinski definition) is 2. The van der Waals surface area contributed by atoms with Crippen LogP contribution in [-0.2, 0) is 9.59 Å². The fraction of sp³-hybridized carbons (Fsp3) is 0.778. The van der Waals surface area contributed by atoms with Gasteiger partial charge in [-0.25, -0.2) is 0 Å². The van der Waals surface area contributed by atoms with Gasteiger partial charge >= 0.3 is 0 Å². The molecular weight excluding hydrogens is 184 g/mol.